The second kappa shape index (κ2) is 9.62. The Morgan fingerprint density at radius 2 is 2.08 bits per heavy atom. The van der Waals surface area contributed by atoms with Crippen LogP contribution in [0.15, 0.2) is 35.3 Å². The average Bonchev–Trinajstić information content (AvgIpc) is 3.09. The molecule has 3 N–H and O–H groups in total. The number of hydrogen-bond acceptors (Lipinski definition) is 4. The molecule has 1 aromatic rings. The van der Waals surface area contributed by atoms with Crippen molar-refractivity contribution >= 4 is 17.7 Å². The summed E-state index contributed by atoms with van der Waals surface area (Å²) in [5, 5.41) is 17.4. The summed E-state index contributed by atoms with van der Waals surface area (Å²) in [5.74, 6) is 2.68. The maximum Gasteiger partial charge on any atom is 0.191 e. The first-order valence-electron chi connectivity index (χ1n) is 9.78. The second-order valence-electron chi connectivity index (χ2n) is 7.40. The molecule has 2 heterocycles. The van der Waals surface area contributed by atoms with Gasteiger partial charge in [0.25, 0.3) is 0 Å². The zero-order valence-electron chi connectivity index (χ0n) is 15.8. The van der Waals surface area contributed by atoms with Crippen LogP contribution in [0, 0.1) is 0 Å². The van der Waals surface area contributed by atoms with Crippen molar-refractivity contribution in [3.8, 4) is 0 Å². The summed E-state index contributed by atoms with van der Waals surface area (Å²) in [7, 11) is 0. The van der Waals surface area contributed by atoms with Crippen LogP contribution < -0.4 is 10.6 Å². The molecule has 0 amide bonds. The predicted octanol–water partition coefficient (Wildman–Crippen LogP) is 2.07. The molecule has 0 bridgehead atoms. The summed E-state index contributed by atoms with van der Waals surface area (Å²) in [6, 6.07) is 11.1. The third-order valence-corrected chi connectivity index (χ3v) is 6.37. The summed E-state index contributed by atoms with van der Waals surface area (Å²) in [6.07, 6.45) is 3.09. The number of benzene rings is 1. The Morgan fingerprint density at radius 1 is 1.31 bits per heavy atom. The first kappa shape index (κ1) is 19.5. The topological polar surface area (TPSA) is 59.9 Å². The fourth-order valence-corrected chi connectivity index (χ4v) is 4.82. The standard InChI is InChI=1S/C20H32N4OS/c1-2-21-19(22-15-20(25)10-13-26-16-20)23-18-8-11-24(12-9-18)14-17-6-4-3-5-7-17/h3-7,18,25H,2,8-16H2,1H3,(H2,21,22,23). The molecular formula is C20H32N4OS. The first-order valence-corrected chi connectivity index (χ1v) is 10.9. The molecule has 2 saturated heterocycles. The summed E-state index contributed by atoms with van der Waals surface area (Å²) in [4.78, 5) is 7.19. The summed E-state index contributed by atoms with van der Waals surface area (Å²) < 4.78 is 0. The Kier molecular flexibility index (Phi) is 7.23. The molecule has 0 aliphatic carbocycles. The quantitative estimate of drug-likeness (QED) is 0.524. The molecule has 2 aliphatic heterocycles. The first-order chi connectivity index (χ1) is 12.7. The van der Waals surface area contributed by atoms with Gasteiger partial charge in [-0.25, -0.2) is 0 Å². The van der Waals surface area contributed by atoms with Crippen LogP contribution in [0.25, 0.3) is 0 Å². The van der Waals surface area contributed by atoms with E-state index in [9.17, 15) is 5.11 Å². The van der Waals surface area contributed by atoms with E-state index in [0.717, 1.165) is 62.9 Å². The van der Waals surface area contributed by atoms with Crippen LogP contribution in [0.3, 0.4) is 0 Å². The number of nitrogens with one attached hydrogen (secondary N) is 2. The summed E-state index contributed by atoms with van der Waals surface area (Å²) >= 11 is 1.82. The van der Waals surface area contributed by atoms with E-state index in [4.69, 9.17) is 0 Å². The maximum absolute atomic E-state index is 10.5. The van der Waals surface area contributed by atoms with E-state index >= 15 is 0 Å². The zero-order chi connectivity index (χ0) is 18.2. The van der Waals surface area contributed by atoms with Gasteiger partial charge in [-0.3, -0.25) is 9.89 Å². The van der Waals surface area contributed by atoms with E-state index in [1.165, 1.54) is 5.56 Å². The number of aliphatic hydroxyl groups is 1. The number of thioether (sulfide) groups is 1. The van der Waals surface area contributed by atoms with Gasteiger partial charge in [0.05, 0.1) is 12.1 Å². The molecule has 0 radical (unpaired) electrons. The fraction of sp³-hybridized carbons (Fsp3) is 0.650. The van der Waals surface area contributed by atoms with Gasteiger partial charge in [0.1, 0.15) is 0 Å². The van der Waals surface area contributed by atoms with E-state index < -0.39 is 5.60 Å². The predicted molar refractivity (Wildman–Crippen MR) is 111 cm³/mol. The molecule has 0 aromatic heterocycles. The van der Waals surface area contributed by atoms with Gasteiger partial charge in [-0.05, 0) is 37.5 Å². The van der Waals surface area contributed by atoms with Crippen LogP contribution in [-0.4, -0.2) is 65.3 Å². The van der Waals surface area contributed by atoms with Crippen LogP contribution >= 0.6 is 11.8 Å². The zero-order valence-corrected chi connectivity index (χ0v) is 16.6. The Labute approximate surface area is 161 Å². The Hall–Kier alpha value is -1.24. The van der Waals surface area contributed by atoms with E-state index in [1.807, 2.05) is 11.8 Å². The highest BCUT2D eigenvalue weighted by molar-refractivity contribution is 7.99. The van der Waals surface area contributed by atoms with Crippen molar-refractivity contribution in [2.45, 2.75) is 44.4 Å². The third-order valence-electron chi connectivity index (χ3n) is 5.14. The Bertz CT molecular complexity index is 566. The highest BCUT2D eigenvalue weighted by Crippen LogP contribution is 2.27. The maximum atomic E-state index is 10.5. The normalized spacial score (nSPS) is 25.4. The molecular weight excluding hydrogens is 344 g/mol. The molecule has 0 saturated carbocycles. The van der Waals surface area contributed by atoms with Gasteiger partial charge in [0, 0.05) is 38.0 Å². The Balaban J connectivity index is 1.46. The molecule has 144 valence electrons. The molecule has 1 unspecified atom stereocenters. The minimum atomic E-state index is -0.619. The second-order valence-corrected chi connectivity index (χ2v) is 8.51. The molecule has 1 aromatic carbocycles. The van der Waals surface area contributed by atoms with Crippen LogP contribution in [0.5, 0.6) is 0 Å². The van der Waals surface area contributed by atoms with Gasteiger partial charge in [-0.15, -0.1) is 0 Å². The smallest absolute Gasteiger partial charge is 0.191 e. The Morgan fingerprint density at radius 3 is 2.73 bits per heavy atom. The number of aliphatic imine (C=N–C) groups is 1. The third kappa shape index (κ3) is 5.89. The molecule has 26 heavy (non-hydrogen) atoms. The SMILES string of the molecule is CCNC(=NCC1(O)CCSC1)NC1CCN(Cc2ccccc2)CC1. The van der Waals surface area contributed by atoms with Crippen LogP contribution in [-0.2, 0) is 6.54 Å². The minimum Gasteiger partial charge on any atom is -0.387 e. The number of guanidine groups is 1. The largest absolute Gasteiger partial charge is 0.387 e. The highest BCUT2D eigenvalue weighted by Gasteiger charge is 2.31. The monoisotopic (exact) mass is 376 g/mol. The molecule has 3 rings (SSSR count). The lowest BCUT2D eigenvalue weighted by molar-refractivity contribution is 0.0778. The van der Waals surface area contributed by atoms with Crippen LogP contribution in [0.2, 0.25) is 0 Å². The van der Waals surface area contributed by atoms with Gasteiger partial charge in [-0.2, -0.15) is 11.8 Å². The van der Waals surface area contributed by atoms with Gasteiger partial charge in [0.15, 0.2) is 5.96 Å². The van der Waals surface area contributed by atoms with Gasteiger partial charge >= 0.3 is 0 Å². The van der Waals surface area contributed by atoms with Crippen molar-refractivity contribution in [1.82, 2.24) is 15.5 Å². The van der Waals surface area contributed by atoms with Gasteiger partial charge < -0.3 is 15.7 Å². The number of piperidine rings is 1. The molecule has 1 atom stereocenters. The van der Waals surface area contributed by atoms with Crippen molar-refractivity contribution < 1.29 is 5.11 Å². The van der Waals surface area contributed by atoms with Crippen molar-refractivity contribution in [3.63, 3.8) is 0 Å². The van der Waals surface area contributed by atoms with Gasteiger partial charge in [0.2, 0.25) is 0 Å². The number of hydrogen-bond donors (Lipinski definition) is 3. The summed E-state index contributed by atoms with van der Waals surface area (Å²) in [6.45, 7) is 6.65. The fourth-order valence-electron chi connectivity index (χ4n) is 3.54. The highest BCUT2D eigenvalue weighted by atomic mass is 32.2. The van der Waals surface area contributed by atoms with Crippen molar-refractivity contribution in [2.24, 2.45) is 4.99 Å². The molecule has 5 nitrogen and oxygen atoms in total. The number of rotatable bonds is 6. The lowest BCUT2D eigenvalue weighted by Crippen LogP contribution is -2.49. The minimum absolute atomic E-state index is 0.451. The lowest BCUT2D eigenvalue weighted by Gasteiger charge is -2.33. The van der Waals surface area contributed by atoms with E-state index in [1.54, 1.807) is 0 Å². The molecule has 0 spiro atoms. The number of nitrogens with zero attached hydrogens (tertiary/aromatic N) is 2. The number of likely N-dealkylation sites (tertiary alicyclic amines) is 1. The van der Waals surface area contributed by atoms with E-state index in [0.29, 0.717) is 12.6 Å². The lowest BCUT2D eigenvalue weighted by atomic mass is 10.0. The van der Waals surface area contributed by atoms with Crippen molar-refractivity contribution in [2.75, 3.05) is 37.7 Å². The average molecular weight is 377 g/mol. The van der Waals surface area contributed by atoms with E-state index in [2.05, 4.69) is 57.8 Å². The molecule has 2 aliphatic rings. The molecule has 6 heteroatoms. The molecule has 2 fully saturated rings. The van der Waals surface area contributed by atoms with Crippen molar-refractivity contribution in [1.29, 1.82) is 0 Å². The van der Waals surface area contributed by atoms with Crippen molar-refractivity contribution in [3.05, 3.63) is 35.9 Å². The van der Waals surface area contributed by atoms with Crippen LogP contribution in [0.1, 0.15) is 31.7 Å². The van der Waals surface area contributed by atoms with E-state index in [-0.39, 0.29) is 0 Å². The van der Waals surface area contributed by atoms with Crippen LogP contribution in [0.4, 0.5) is 0 Å². The summed E-state index contributed by atoms with van der Waals surface area (Å²) in [5.41, 5.74) is 0.767. The van der Waals surface area contributed by atoms with Gasteiger partial charge in [-0.1, -0.05) is 30.3 Å².